The van der Waals surface area contributed by atoms with E-state index in [-0.39, 0.29) is 5.82 Å². The fraction of sp³-hybridized carbons (Fsp3) is 0.571. The molecule has 2 N–H and O–H groups in total. The predicted molar refractivity (Wildman–Crippen MR) is 119 cm³/mol. The quantitative estimate of drug-likeness (QED) is 0.265. The number of nitrogens with one attached hydrogen (secondary N) is 2. The van der Waals surface area contributed by atoms with E-state index in [4.69, 9.17) is 0 Å². The van der Waals surface area contributed by atoms with Crippen LogP contribution in [-0.4, -0.2) is 40.1 Å². The highest BCUT2D eigenvalue weighted by Crippen LogP contribution is 2.16. The summed E-state index contributed by atoms with van der Waals surface area (Å²) in [6.45, 7) is 11.2. The maximum Gasteiger partial charge on any atom is 0.191 e. The van der Waals surface area contributed by atoms with Gasteiger partial charge in [0, 0.05) is 26.1 Å². The molecule has 2 rings (SSSR count). The number of nitrogens with zero attached hydrogens (tertiary/aromatic N) is 4. The van der Waals surface area contributed by atoms with Gasteiger partial charge < -0.3 is 15.2 Å². The molecule has 29 heavy (non-hydrogen) atoms. The Bertz CT molecular complexity index is 802. The second kappa shape index (κ2) is 11.8. The zero-order chi connectivity index (χ0) is 21.2. The monoisotopic (exact) mass is 420 g/mol. The van der Waals surface area contributed by atoms with Gasteiger partial charge in [-0.3, -0.25) is 0 Å². The van der Waals surface area contributed by atoms with Gasteiger partial charge in [-0.2, -0.15) is 0 Å². The van der Waals surface area contributed by atoms with Gasteiger partial charge in [-0.15, -0.1) is 10.2 Å². The standard InChI is InChI=1S/C21H33FN6S/c1-6-23-20(25-13-17-9-10-18(22)16(4)12-17)24-11-7-8-19-26-27-21(29-5)28(19)14-15(2)3/h9-10,12,15H,6-8,11,13-14H2,1-5H3,(H2,23,24,25). The van der Waals surface area contributed by atoms with Gasteiger partial charge in [0.2, 0.25) is 0 Å². The van der Waals surface area contributed by atoms with Gasteiger partial charge in [-0.05, 0) is 49.6 Å². The van der Waals surface area contributed by atoms with Crippen LogP contribution in [-0.2, 0) is 19.5 Å². The topological polar surface area (TPSA) is 67.1 Å². The van der Waals surface area contributed by atoms with Crippen LogP contribution in [0.1, 0.15) is 44.1 Å². The molecule has 0 radical (unpaired) electrons. The number of guanidine groups is 1. The first-order chi connectivity index (χ1) is 13.9. The Morgan fingerprint density at radius 2 is 2.07 bits per heavy atom. The molecule has 0 aliphatic heterocycles. The van der Waals surface area contributed by atoms with Crippen molar-refractivity contribution in [3.05, 3.63) is 41.0 Å². The molecule has 160 valence electrons. The Hall–Kier alpha value is -2.09. The minimum atomic E-state index is -0.183. The number of hydrogen-bond donors (Lipinski definition) is 2. The molecule has 6 nitrogen and oxygen atoms in total. The average Bonchev–Trinajstić information content (AvgIpc) is 3.06. The van der Waals surface area contributed by atoms with Crippen LogP contribution in [0.3, 0.4) is 0 Å². The molecule has 1 aromatic heterocycles. The highest BCUT2D eigenvalue weighted by molar-refractivity contribution is 7.98. The molecule has 0 spiro atoms. The number of halogens is 1. The molecule has 0 atom stereocenters. The summed E-state index contributed by atoms with van der Waals surface area (Å²) >= 11 is 1.64. The van der Waals surface area contributed by atoms with Crippen molar-refractivity contribution in [1.82, 2.24) is 25.4 Å². The Kier molecular flexibility index (Phi) is 9.44. The van der Waals surface area contributed by atoms with E-state index in [1.54, 1.807) is 24.8 Å². The average molecular weight is 421 g/mol. The molecule has 0 aliphatic carbocycles. The summed E-state index contributed by atoms with van der Waals surface area (Å²) in [5.74, 6) is 2.17. The zero-order valence-corrected chi connectivity index (χ0v) is 18.9. The van der Waals surface area contributed by atoms with E-state index in [0.29, 0.717) is 18.0 Å². The summed E-state index contributed by atoms with van der Waals surface area (Å²) in [6, 6.07) is 5.12. The maximum atomic E-state index is 13.4. The number of hydrogen-bond acceptors (Lipinski definition) is 4. The lowest BCUT2D eigenvalue weighted by Gasteiger charge is -2.13. The molecular formula is C21H33FN6S. The van der Waals surface area contributed by atoms with Crippen LogP contribution in [0, 0.1) is 18.7 Å². The van der Waals surface area contributed by atoms with E-state index in [1.807, 2.05) is 19.2 Å². The lowest BCUT2D eigenvalue weighted by atomic mass is 10.1. The van der Waals surface area contributed by atoms with Crippen LogP contribution in [0.4, 0.5) is 4.39 Å². The maximum absolute atomic E-state index is 13.4. The fourth-order valence-corrected chi connectivity index (χ4v) is 3.50. The van der Waals surface area contributed by atoms with Crippen LogP contribution in [0.5, 0.6) is 0 Å². The van der Waals surface area contributed by atoms with Crippen molar-refractivity contribution in [2.24, 2.45) is 10.9 Å². The Morgan fingerprint density at radius 3 is 2.72 bits per heavy atom. The van der Waals surface area contributed by atoms with E-state index in [2.05, 4.69) is 44.2 Å². The number of rotatable bonds is 10. The van der Waals surface area contributed by atoms with Crippen LogP contribution >= 0.6 is 11.8 Å². The first-order valence-electron chi connectivity index (χ1n) is 10.2. The lowest BCUT2D eigenvalue weighted by molar-refractivity contribution is 0.477. The smallest absolute Gasteiger partial charge is 0.191 e. The Labute approximate surface area is 177 Å². The molecular weight excluding hydrogens is 387 g/mol. The molecule has 0 saturated heterocycles. The molecule has 1 heterocycles. The van der Waals surface area contributed by atoms with Gasteiger partial charge in [0.1, 0.15) is 11.6 Å². The summed E-state index contributed by atoms with van der Waals surface area (Å²) in [4.78, 5) is 4.61. The highest BCUT2D eigenvalue weighted by Gasteiger charge is 2.12. The van der Waals surface area contributed by atoms with Gasteiger partial charge in [0.15, 0.2) is 11.1 Å². The Balaban J connectivity index is 1.89. The molecule has 0 aliphatic rings. The van der Waals surface area contributed by atoms with Crippen molar-refractivity contribution in [2.75, 3.05) is 19.3 Å². The van der Waals surface area contributed by atoms with E-state index in [1.165, 1.54) is 6.07 Å². The second-order valence-corrected chi connectivity index (χ2v) is 8.19. The summed E-state index contributed by atoms with van der Waals surface area (Å²) < 4.78 is 15.6. The van der Waals surface area contributed by atoms with Crippen molar-refractivity contribution in [3.8, 4) is 0 Å². The van der Waals surface area contributed by atoms with Crippen molar-refractivity contribution < 1.29 is 4.39 Å². The molecule has 0 fully saturated rings. The molecule has 0 bridgehead atoms. The predicted octanol–water partition coefficient (Wildman–Crippen LogP) is 3.79. The zero-order valence-electron chi connectivity index (χ0n) is 18.1. The molecule has 2 aromatic rings. The number of benzene rings is 1. The highest BCUT2D eigenvalue weighted by atomic mass is 32.2. The molecule has 0 amide bonds. The van der Waals surface area contributed by atoms with Gasteiger partial charge in [-0.1, -0.05) is 37.7 Å². The molecule has 8 heteroatoms. The summed E-state index contributed by atoms with van der Waals surface area (Å²) in [5.41, 5.74) is 1.64. The second-order valence-electron chi connectivity index (χ2n) is 7.42. The van der Waals surface area contributed by atoms with Crippen molar-refractivity contribution in [2.45, 2.75) is 58.8 Å². The lowest BCUT2D eigenvalue weighted by Crippen LogP contribution is -2.37. The number of aliphatic imine (C=N–C) groups is 1. The summed E-state index contributed by atoms with van der Waals surface area (Å²) in [7, 11) is 0. The van der Waals surface area contributed by atoms with Crippen LogP contribution in [0.25, 0.3) is 0 Å². The van der Waals surface area contributed by atoms with Crippen LogP contribution in [0.15, 0.2) is 28.3 Å². The molecule has 0 saturated carbocycles. The van der Waals surface area contributed by atoms with E-state index < -0.39 is 0 Å². The minimum absolute atomic E-state index is 0.183. The summed E-state index contributed by atoms with van der Waals surface area (Å²) in [5, 5.41) is 16.3. The van der Waals surface area contributed by atoms with E-state index in [0.717, 1.165) is 55.0 Å². The minimum Gasteiger partial charge on any atom is -0.357 e. The number of aromatic nitrogens is 3. The first-order valence-corrected chi connectivity index (χ1v) is 11.4. The fourth-order valence-electron chi connectivity index (χ4n) is 2.97. The largest absolute Gasteiger partial charge is 0.357 e. The molecule has 1 aromatic carbocycles. The van der Waals surface area contributed by atoms with Crippen molar-refractivity contribution in [3.63, 3.8) is 0 Å². The number of aryl methyl sites for hydroxylation is 2. The third-order valence-corrected chi connectivity index (χ3v) is 5.05. The van der Waals surface area contributed by atoms with Gasteiger partial charge in [0.25, 0.3) is 0 Å². The third-order valence-electron chi connectivity index (χ3n) is 4.38. The van der Waals surface area contributed by atoms with Crippen molar-refractivity contribution >= 4 is 17.7 Å². The van der Waals surface area contributed by atoms with Gasteiger partial charge >= 0.3 is 0 Å². The number of thioether (sulfide) groups is 1. The van der Waals surface area contributed by atoms with E-state index in [9.17, 15) is 4.39 Å². The SMILES string of the molecule is CCNC(=NCc1ccc(F)c(C)c1)NCCCc1nnc(SC)n1CC(C)C. The third kappa shape index (κ3) is 7.34. The molecule has 0 unspecified atom stereocenters. The van der Waals surface area contributed by atoms with Crippen molar-refractivity contribution in [1.29, 1.82) is 0 Å². The van der Waals surface area contributed by atoms with Crippen LogP contribution in [0.2, 0.25) is 0 Å². The van der Waals surface area contributed by atoms with E-state index >= 15 is 0 Å². The Morgan fingerprint density at radius 1 is 1.28 bits per heavy atom. The van der Waals surface area contributed by atoms with Crippen LogP contribution < -0.4 is 10.6 Å². The van der Waals surface area contributed by atoms with Gasteiger partial charge in [-0.25, -0.2) is 9.38 Å². The first kappa shape index (κ1) is 23.2. The van der Waals surface area contributed by atoms with Gasteiger partial charge in [0.05, 0.1) is 6.54 Å². The normalized spacial score (nSPS) is 11.9. The summed E-state index contributed by atoms with van der Waals surface area (Å²) in [6.07, 6.45) is 3.84.